The smallest absolute Gasteiger partial charge is 0.253 e. The summed E-state index contributed by atoms with van der Waals surface area (Å²) in [5.41, 5.74) is 1.98. The van der Waals surface area contributed by atoms with Gasteiger partial charge in [0.05, 0.1) is 12.7 Å². The summed E-state index contributed by atoms with van der Waals surface area (Å²) in [4.78, 5) is 15.2. The van der Waals surface area contributed by atoms with Crippen LogP contribution in [0.25, 0.3) is 0 Å². The number of carbonyl (C=O) groups excluding carboxylic acids is 1. The quantitative estimate of drug-likeness (QED) is 0.831. The van der Waals surface area contributed by atoms with E-state index < -0.39 is 0 Å². The number of benzene rings is 1. The van der Waals surface area contributed by atoms with Crippen molar-refractivity contribution in [2.45, 2.75) is 51.0 Å². The number of aryl methyl sites for hydroxylation is 1. The highest BCUT2D eigenvalue weighted by atomic mass is 16.5. The van der Waals surface area contributed by atoms with E-state index in [1.54, 1.807) is 0 Å². The summed E-state index contributed by atoms with van der Waals surface area (Å²) in [6, 6.07) is 5.94. The van der Waals surface area contributed by atoms with E-state index in [-0.39, 0.29) is 12.0 Å². The van der Waals surface area contributed by atoms with E-state index in [1.807, 2.05) is 23.1 Å². The van der Waals surface area contributed by atoms with Crippen LogP contribution in [0.15, 0.2) is 18.2 Å². The van der Waals surface area contributed by atoms with Crippen LogP contribution in [0, 0.1) is 5.92 Å². The van der Waals surface area contributed by atoms with Crippen molar-refractivity contribution in [2.75, 3.05) is 26.3 Å². The fourth-order valence-electron chi connectivity index (χ4n) is 3.94. The zero-order valence-electron chi connectivity index (χ0n) is 14.3. The van der Waals surface area contributed by atoms with E-state index in [2.05, 4.69) is 0 Å². The number of hydrogen-bond donors (Lipinski definition) is 0. The van der Waals surface area contributed by atoms with Gasteiger partial charge in [-0.25, -0.2) is 0 Å². The summed E-state index contributed by atoms with van der Waals surface area (Å²) in [5.74, 6) is 1.78. The highest BCUT2D eigenvalue weighted by Crippen LogP contribution is 2.30. The second-order valence-corrected chi connectivity index (χ2v) is 7.42. The van der Waals surface area contributed by atoms with Crippen molar-refractivity contribution in [3.63, 3.8) is 0 Å². The number of hydrogen-bond acceptors (Lipinski definition) is 3. The molecule has 4 rings (SSSR count). The maximum Gasteiger partial charge on any atom is 0.253 e. The predicted octanol–water partition coefficient (Wildman–Crippen LogP) is 3.43. The monoisotopic (exact) mass is 329 g/mol. The Balaban J connectivity index is 1.50. The molecule has 2 heterocycles. The molecule has 4 heteroatoms. The minimum atomic E-state index is 0.158. The summed E-state index contributed by atoms with van der Waals surface area (Å²) in [6.07, 6.45) is 8.27. The largest absolute Gasteiger partial charge is 0.493 e. The highest BCUT2D eigenvalue weighted by molar-refractivity contribution is 5.94. The van der Waals surface area contributed by atoms with Crippen molar-refractivity contribution in [3.05, 3.63) is 29.3 Å². The third kappa shape index (κ3) is 3.44. The summed E-state index contributed by atoms with van der Waals surface area (Å²) >= 11 is 0. The molecule has 2 fully saturated rings. The van der Waals surface area contributed by atoms with Crippen LogP contribution in [0.5, 0.6) is 5.75 Å². The van der Waals surface area contributed by atoms with Gasteiger partial charge in [-0.1, -0.05) is 6.42 Å². The summed E-state index contributed by atoms with van der Waals surface area (Å²) in [5, 5.41) is 0. The molecule has 1 aromatic rings. The van der Waals surface area contributed by atoms with Gasteiger partial charge in [-0.3, -0.25) is 4.79 Å². The molecule has 1 aromatic carbocycles. The first-order valence-corrected chi connectivity index (χ1v) is 9.46. The molecule has 1 unspecified atom stereocenters. The molecule has 1 aliphatic carbocycles. The van der Waals surface area contributed by atoms with Gasteiger partial charge in [0.25, 0.3) is 5.91 Å². The van der Waals surface area contributed by atoms with Crippen molar-refractivity contribution in [3.8, 4) is 5.75 Å². The minimum absolute atomic E-state index is 0.158. The molecule has 24 heavy (non-hydrogen) atoms. The van der Waals surface area contributed by atoms with Gasteiger partial charge in [-0.05, 0) is 68.2 Å². The van der Waals surface area contributed by atoms with Crippen LogP contribution in [0.1, 0.15) is 54.4 Å². The second-order valence-electron chi connectivity index (χ2n) is 7.42. The van der Waals surface area contributed by atoms with Crippen LogP contribution >= 0.6 is 0 Å². The molecule has 4 nitrogen and oxygen atoms in total. The first kappa shape index (κ1) is 15.9. The van der Waals surface area contributed by atoms with E-state index in [0.29, 0.717) is 5.92 Å². The molecule has 0 radical (unpaired) electrons. The van der Waals surface area contributed by atoms with E-state index in [0.717, 1.165) is 63.3 Å². The number of carbonyl (C=O) groups is 1. The highest BCUT2D eigenvalue weighted by Gasteiger charge is 2.28. The SMILES string of the molecule is O=C(c1ccc2c(c1)CCCO2)N(CC1CCC1)CC1CCCO1. The zero-order chi connectivity index (χ0) is 16.4. The lowest BCUT2D eigenvalue weighted by Gasteiger charge is -2.34. The van der Waals surface area contributed by atoms with E-state index in [9.17, 15) is 4.79 Å². The van der Waals surface area contributed by atoms with Gasteiger partial charge >= 0.3 is 0 Å². The normalized spacial score (nSPS) is 23.2. The first-order chi connectivity index (χ1) is 11.8. The fourth-order valence-corrected chi connectivity index (χ4v) is 3.94. The van der Waals surface area contributed by atoms with Crippen molar-refractivity contribution >= 4 is 5.91 Å². The molecular formula is C20H27NO3. The Kier molecular flexibility index (Phi) is 4.74. The summed E-state index contributed by atoms with van der Waals surface area (Å²) in [6.45, 7) is 3.24. The van der Waals surface area contributed by atoms with Gasteiger partial charge in [0, 0.05) is 25.3 Å². The zero-order valence-corrected chi connectivity index (χ0v) is 14.3. The Morgan fingerprint density at radius 3 is 2.75 bits per heavy atom. The maximum absolute atomic E-state index is 13.1. The Bertz CT molecular complexity index is 591. The number of ether oxygens (including phenoxy) is 2. The van der Waals surface area contributed by atoms with Crippen LogP contribution < -0.4 is 4.74 Å². The van der Waals surface area contributed by atoms with Gasteiger partial charge in [0.2, 0.25) is 0 Å². The molecule has 1 amide bonds. The van der Waals surface area contributed by atoms with E-state index in [4.69, 9.17) is 9.47 Å². The molecule has 130 valence electrons. The maximum atomic E-state index is 13.1. The third-order valence-corrected chi connectivity index (χ3v) is 5.59. The molecule has 1 saturated carbocycles. The van der Waals surface area contributed by atoms with Crippen molar-refractivity contribution in [1.82, 2.24) is 4.90 Å². The Labute approximate surface area is 144 Å². The van der Waals surface area contributed by atoms with Crippen LogP contribution in [0.2, 0.25) is 0 Å². The van der Waals surface area contributed by atoms with Crippen LogP contribution in [-0.2, 0) is 11.2 Å². The molecule has 0 spiro atoms. The average molecular weight is 329 g/mol. The lowest BCUT2D eigenvalue weighted by Crippen LogP contribution is -2.41. The van der Waals surface area contributed by atoms with E-state index in [1.165, 1.54) is 24.8 Å². The first-order valence-electron chi connectivity index (χ1n) is 9.46. The summed E-state index contributed by atoms with van der Waals surface area (Å²) in [7, 11) is 0. The van der Waals surface area contributed by atoms with Crippen molar-refractivity contribution in [2.24, 2.45) is 5.92 Å². The molecule has 1 saturated heterocycles. The topological polar surface area (TPSA) is 38.8 Å². The standard InChI is InChI=1S/C20H27NO3/c22-20(17-8-9-19-16(12-17)6-2-11-24-19)21(13-15-4-1-5-15)14-18-7-3-10-23-18/h8-9,12,15,18H,1-7,10-11,13-14H2. The third-order valence-electron chi connectivity index (χ3n) is 5.59. The molecule has 3 aliphatic rings. The van der Waals surface area contributed by atoms with Crippen molar-refractivity contribution < 1.29 is 14.3 Å². The Morgan fingerprint density at radius 1 is 1.08 bits per heavy atom. The van der Waals surface area contributed by atoms with Gasteiger partial charge in [0.1, 0.15) is 5.75 Å². The molecular weight excluding hydrogens is 302 g/mol. The van der Waals surface area contributed by atoms with Crippen LogP contribution in [0.4, 0.5) is 0 Å². The number of fused-ring (bicyclic) bond motifs is 1. The van der Waals surface area contributed by atoms with E-state index >= 15 is 0 Å². The second kappa shape index (κ2) is 7.14. The molecule has 2 aliphatic heterocycles. The number of rotatable bonds is 5. The Hall–Kier alpha value is -1.55. The lowest BCUT2D eigenvalue weighted by molar-refractivity contribution is 0.0448. The van der Waals surface area contributed by atoms with Gasteiger partial charge < -0.3 is 14.4 Å². The van der Waals surface area contributed by atoms with Crippen LogP contribution in [0.3, 0.4) is 0 Å². The lowest BCUT2D eigenvalue weighted by atomic mass is 9.85. The molecule has 0 aromatic heterocycles. The molecule has 1 atom stereocenters. The minimum Gasteiger partial charge on any atom is -0.493 e. The van der Waals surface area contributed by atoms with Gasteiger partial charge in [0.15, 0.2) is 0 Å². The fraction of sp³-hybridized carbons (Fsp3) is 0.650. The van der Waals surface area contributed by atoms with Gasteiger partial charge in [-0.2, -0.15) is 0 Å². The number of amides is 1. The van der Waals surface area contributed by atoms with Crippen LogP contribution in [-0.4, -0.2) is 43.2 Å². The van der Waals surface area contributed by atoms with Crippen molar-refractivity contribution in [1.29, 1.82) is 0 Å². The summed E-state index contributed by atoms with van der Waals surface area (Å²) < 4.78 is 11.5. The molecule has 0 bridgehead atoms. The number of nitrogens with zero attached hydrogens (tertiary/aromatic N) is 1. The van der Waals surface area contributed by atoms with Gasteiger partial charge in [-0.15, -0.1) is 0 Å². The predicted molar refractivity (Wildman–Crippen MR) is 92.5 cm³/mol. The average Bonchev–Trinajstić information content (AvgIpc) is 3.09. The Morgan fingerprint density at radius 2 is 2.00 bits per heavy atom. The molecule has 0 N–H and O–H groups in total.